The Morgan fingerprint density at radius 1 is 1.27 bits per heavy atom. The standard InChI is InChI=1S/C20H26N4OS/c1-5-24(4)11-9-16-12-15(3)18(13-14(16)2)25-20(26)23-19(21)17-8-6-7-10-22-17/h6-8,10,12-13H,5,9,11H2,1-4H3,(H2,21,23,26). The second-order valence-electron chi connectivity index (χ2n) is 6.27. The highest BCUT2D eigenvalue weighted by Gasteiger charge is 2.09. The molecule has 0 bridgehead atoms. The van der Waals surface area contributed by atoms with Gasteiger partial charge in [0.2, 0.25) is 0 Å². The summed E-state index contributed by atoms with van der Waals surface area (Å²) < 4.78 is 5.75. The van der Waals surface area contributed by atoms with E-state index < -0.39 is 0 Å². The molecule has 1 aromatic carbocycles. The fourth-order valence-corrected chi connectivity index (χ4v) is 2.67. The van der Waals surface area contributed by atoms with Gasteiger partial charge in [-0.1, -0.05) is 19.1 Å². The zero-order valence-corrected chi connectivity index (χ0v) is 16.6. The number of pyridine rings is 1. The predicted octanol–water partition coefficient (Wildman–Crippen LogP) is 3.26. The van der Waals surface area contributed by atoms with Gasteiger partial charge in [0, 0.05) is 12.7 Å². The number of amidine groups is 1. The summed E-state index contributed by atoms with van der Waals surface area (Å²) in [5, 5.41) is 0.0779. The molecule has 1 aromatic heterocycles. The van der Waals surface area contributed by atoms with Crippen molar-refractivity contribution in [3.63, 3.8) is 0 Å². The van der Waals surface area contributed by atoms with Gasteiger partial charge in [-0.25, -0.2) is 0 Å². The van der Waals surface area contributed by atoms with Crippen LogP contribution in [-0.2, 0) is 6.42 Å². The zero-order chi connectivity index (χ0) is 19.1. The summed E-state index contributed by atoms with van der Waals surface area (Å²) in [5.74, 6) is 0.946. The molecular weight excluding hydrogens is 344 g/mol. The van der Waals surface area contributed by atoms with Crippen molar-refractivity contribution in [3.05, 3.63) is 58.9 Å². The number of hydrogen-bond acceptors (Lipinski definition) is 4. The maximum Gasteiger partial charge on any atom is 0.290 e. The Morgan fingerprint density at radius 2 is 2.04 bits per heavy atom. The fourth-order valence-electron chi connectivity index (χ4n) is 2.48. The van der Waals surface area contributed by atoms with E-state index in [0.29, 0.717) is 11.4 Å². The quantitative estimate of drug-likeness (QED) is 0.480. The molecule has 0 aliphatic rings. The van der Waals surface area contributed by atoms with Gasteiger partial charge in [-0.3, -0.25) is 4.98 Å². The van der Waals surface area contributed by atoms with E-state index in [9.17, 15) is 0 Å². The molecule has 2 aromatic rings. The number of aromatic nitrogens is 1. The number of aryl methyl sites for hydroxylation is 2. The summed E-state index contributed by atoms with van der Waals surface area (Å²) in [4.78, 5) is 10.6. The first kappa shape index (κ1) is 20.0. The van der Waals surface area contributed by atoms with Gasteiger partial charge in [0.05, 0.1) is 0 Å². The minimum Gasteiger partial charge on any atom is -0.430 e. The maximum absolute atomic E-state index is 5.94. The fraction of sp³-hybridized carbons (Fsp3) is 0.350. The number of likely N-dealkylation sites (N-methyl/N-ethyl adjacent to an activating group) is 1. The van der Waals surface area contributed by atoms with Gasteiger partial charge in [0.15, 0.2) is 5.84 Å². The number of hydrogen-bond donors (Lipinski definition) is 1. The van der Waals surface area contributed by atoms with Crippen molar-refractivity contribution < 1.29 is 4.74 Å². The van der Waals surface area contributed by atoms with E-state index in [1.54, 1.807) is 12.3 Å². The van der Waals surface area contributed by atoms with Gasteiger partial charge < -0.3 is 15.4 Å². The average molecular weight is 371 g/mol. The monoisotopic (exact) mass is 370 g/mol. The lowest BCUT2D eigenvalue weighted by Gasteiger charge is -2.16. The Morgan fingerprint density at radius 3 is 2.69 bits per heavy atom. The van der Waals surface area contributed by atoms with E-state index in [1.807, 2.05) is 25.1 Å². The molecular formula is C20H26N4OS. The van der Waals surface area contributed by atoms with Crippen LogP contribution in [0.2, 0.25) is 0 Å². The van der Waals surface area contributed by atoms with Gasteiger partial charge >= 0.3 is 0 Å². The molecule has 0 spiro atoms. The first-order valence-corrected chi connectivity index (χ1v) is 9.07. The zero-order valence-electron chi connectivity index (χ0n) is 15.8. The average Bonchev–Trinajstić information content (AvgIpc) is 2.63. The van der Waals surface area contributed by atoms with Crippen LogP contribution < -0.4 is 10.5 Å². The topological polar surface area (TPSA) is 63.7 Å². The molecule has 5 nitrogen and oxygen atoms in total. The molecule has 0 saturated carbocycles. The van der Waals surface area contributed by atoms with Crippen molar-refractivity contribution in [2.75, 3.05) is 20.1 Å². The SMILES string of the molecule is CCN(C)CCc1cc(C)c(OC(=S)/N=C(\N)c2ccccn2)cc1C. The van der Waals surface area contributed by atoms with Crippen molar-refractivity contribution in [1.29, 1.82) is 0 Å². The van der Waals surface area contributed by atoms with Crippen LogP contribution in [0.5, 0.6) is 5.75 Å². The van der Waals surface area contributed by atoms with Crippen LogP contribution in [0.15, 0.2) is 41.5 Å². The normalized spacial score (nSPS) is 11.7. The lowest BCUT2D eigenvalue weighted by atomic mass is 10.0. The number of thiocarbonyl (C=S) groups is 1. The third-order valence-corrected chi connectivity index (χ3v) is 4.45. The molecule has 26 heavy (non-hydrogen) atoms. The molecule has 0 radical (unpaired) electrons. The number of nitrogens with two attached hydrogens (primary N) is 1. The van der Waals surface area contributed by atoms with Gasteiger partial charge in [-0.05, 0) is 81.0 Å². The van der Waals surface area contributed by atoms with Crippen molar-refractivity contribution in [2.45, 2.75) is 27.2 Å². The summed E-state index contributed by atoms with van der Waals surface area (Å²) in [6, 6.07) is 9.60. The molecule has 138 valence electrons. The number of rotatable bonds is 6. The number of nitrogens with zero attached hydrogens (tertiary/aromatic N) is 3. The van der Waals surface area contributed by atoms with Crippen LogP contribution in [0, 0.1) is 13.8 Å². The lowest BCUT2D eigenvalue weighted by molar-refractivity contribution is 0.357. The lowest BCUT2D eigenvalue weighted by Crippen LogP contribution is -2.20. The Balaban J connectivity index is 2.09. The molecule has 2 rings (SSSR count). The molecule has 6 heteroatoms. The van der Waals surface area contributed by atoms with Crippen LogP contribution in [0.3, 0.4) is 0 Å². The number of aliphatic imine (C=N–C) groups is 1. The Hall–Kier alpha value is -2.31. The van der Waals surface area contributed by atoms with Gasteiger partial charge in [0.1, 0.15) is 11.4 Å². The van der Waals surface area contributed by atoms with Gasteiger partial charge in [-0.2, -0.15) is 4.99 Å². The van der Waals surface area contributed by atoms with E-state index in [-0.39, 0.29) is 11.0 Å². The third kappa shape index (κ3) is 5.61. The molecule has 0 aliphatic heterocycles. The van der Waals surface area contributed by atoms with Crippen LogP contribution in [0.25, 0.3) is 0 Å². The van der Waals surface area contributed by atoms with E-state index >= 15 is 0 Å². The third-order valence-electron chi connectivity index (χ3n) is 4.27. The second kappa shape index (κ2) is 9.40. The minimum absolute atomic E-state index is 0.0779. The number of ether oxygens (including phenoxy) is 1. The van der Waals surface area contributed by atoms with Crippen molar-refractivity contribution in [3.8, 4) is 5.75 Å². The highest BCUT2D eigenvalue weighted by molar-refractivity contribution is 7.80. The Labute approximate surface area is 160 Å². The minimum atomic E-state index is 0.0779. The molecule has 1 heterocycles. The highest BCUT2D eigenvalue weighted by Crippen LogP contribution is 2.24. The van der Waals surface area contributed by atoms with E-state index in [0.717, 1.165) is 25.1 Å². The first-order chi connectivity index (χ1) is 12.4. The summed E-state index contributed by atoms with van der Waals surface area (Å²) in [6.45, 7) is 8.33. The first-order valence-electron chi connectivity index (χ1n) is 8.66. The van der Waals surface area contributed by atoms with Crippen molar-refractivity contribution in [1.82, 2.24) is 9.88 Å². The van der Waals surface area contributed by atoms with E-state index in [2.05, 4.69) is 41.8 Å². The van der Waals surface area contributed by atoms with E-state index in [4.69, 9.17) is 22.7 Å². The highest BCUT2D eigenvalue weighted by atomic mass is 32.1. The summed E-state index contributed by atoms with van der Waals surface area (Å²) in [6.07, 6.45) is 2.66. The Bertz CT molecular complexity index is 790. The van der Waals surface area contributed by atoms with Crippen molar-refractivity contribution in [2.24, 2.45) is 10.7 Å². The molecule has 0 saturated heterocycles. The largest absolute Gasteiger partial charge is 0.430 e. The van der Waals surface area contributed by atoms with Gasteiger partial charge in [0.25, 0.3) is 5.17 Å². The van der Waals surface area contributed by atoms with Crippen LogP contribution in [0.1, 0.15) is 29.3 Å². The molecule has 0 atom stereocenters. The van der Waals surface area contributed by atoms with Crippen LogP contribution in [0.4, 0.5) is 0 Å². The summed E-state index contributed by atoms with van der Waals surface area (Å²) in [7, 11) is 2.13. The van der Waals surface area contributed by atoms with Crippen molar-refractivity contribution >= 4 is 23.2 Å². The molecule has 2 N–H and O–H groups in total. The van der Waals surface area contributed by atoms with Crippen LogP contribution >= 0.6 is 12.2 Å². The number of benzene rings is 1. The molecule has 0 fully saturated rings. The summed E-state index contributed by atoms with van der Waals surface area (Å²) >= 11 is 5.22. The maximum atomic E-state index is 5.94. The van der Waals surface area contributed by atoms with Gasteiger partial charge in [-0.15, -0.1) is 0 Å². The molecule has 0 unspecified atom stereocenters. The molecule has 0 aliphatic carbocycles. The molecule has 0 amide bonds. The second-order valence-corrected chi connectivity index (χ2v) is 6.62. The summed E-state index contributed by atoms with van der Waals surface area (Å²) in [5.41, 5.74) is 10.0. The Kier molecular flexibility index (Phi) is 7.24. The smallest absolute Gasteiger partial charge is 0.290 e. The van der Waals surface area contributed by atoms with E-state index in [1.165, 1.54) is 11.1 Å². The van der Waals surface area contributed by atoms with Crippen LogP contribution in [-0.4, -0.2) is 41.0 Å². The predicted molar refractivity (Wildman–Crippen MR) is 111 cm³/mol.